The van der Waals surface area contributed by atoms with Crippen molar-refractivity contribution in [1.82, 2.24) is 5.32 Å². The SMILES string of the molecule is CC(=O)Oc1ccc(C[C@H](NCC(C)OC(=O)C(C)C(C)C)C(=O)O)cc1OC(C)=O. The average molecular weight is 437 g/mol. The molecule has 0 aliphatic carbocycles. The van der Waals surface area contributed by atoms with Crippen molar-refractivity contribution in [2.75, 3.05) is 6.54 Å². The molecule has 0 bridgehead atoms. The number of ether oxygens (including phenoxy) is 3. The van der Waals surface area contributed by atoms with Crippen LogP contribution in [0.2, 0.25) is 0 Å². The van der Waals surface area contributed by atoms with Crippen LogP contribution in [0.4, 0.5) is 0 Å². The van der Waals surface area contributed by atoms with Gasteiger partial charge in [0.1, 0.15) is 12.1 Å². The maximum absolute atomic E-state index is 12.1. The van der Waals surface area contributed by atoms with E-state index in [1.165, 1.54) is 26.0 Å². The Bertz CT molecular complexity index is 805. The molecule has 3 atom stereocenters. The Balaban J connectivity index is 2.84. The van der Waals surface area contributed by atoms with E-state index in [2.05, 4.69) is 5.32 Å². The Kier molecular flexibility index (Phi) is 10.1. The fourth-order valence-corrected chi connectivity index (χ4v) is 2.56. The molecule has 0 radical (unpaired) electrons. The molecule has 1 aromatic rings. The number of aliphatic carboxylic acids is 1. The van der Waals surface area contributed by atoms with Gasteiger partial charge in [-0.3, -0.25) is 19.2 Å². The van der Waals surface area contributed by atoms with Crippen LogP contribution in [0.25, 0.3) is 0 Å². The molecular formula is C22H31NO8. The van der Waals surface area contributed by atoms with Crippen LogP contribution in [0.3, 0.4) is 0 Å². The van der Waals surface area contributed by atoms with E-state index in [0.29, 0.717) is 5.56 Å². The number of hydrogen-bond acceptors (Lipinski definition) is 8. The van der Waals surface area contributed by atoms with Crippen LogP contribution in [0, 0.1) is 11.8 Å². The molecule has 0 saturated carbocycles. The van der Waals surface area contributed by atoms with Crippen molar-refractivity contribution >= 4 is 23.9 Å². The molecule has 0 aliphatic rings. The van der Waals surface area contributed by atoms with Gasteiger partial charge in [-0.2, -0.15) is 0 Å². The van der Waals surface area contributed by atoms with Gasteiger partial charge in [0.2, 0.25) is 0 Å². The second-order valence-corrected chi connectivity index (χ2v) is 7.75. The Morgan fingerprint density at radius 3 is 2.06 bits per heavy atom. The molecule has 0 saturated heterocycles. The van der Waals surface area contributed by atoms with Gasteiger partial charge in [0.25, 0.3) is 0 Å². The van der Waals surface area contributed by atoms with Gasteiger partial charge < -0.3 is 24.6 Å². The van der Waals surface area contributed by atoms with Crippen molar-refractivity contribution in [1.29, 1.82) is 0 Å². The monoisotopic (exact) mass is 437 g/mol. The van der Waals surface area contributed by atoms with Crippen LogP contribution in [0.1, 0.15) is 47.1 Å². The molecule has 0 aromatic heterocycles. The molecule has 1 rings (SSSR count). The third kappa shape index (κ3) is 9.17. The number of hydrogen-bond donors (Lipinski definition) is 2. The van der Waals surface area contributed by atoms with Gasteiger partial charge in [0.05, 0.1) is 5.92 Å². The van der Waals surface area contributed by atoms with Crippen LogP contribution in [-0.2, 0) is 30.3 Å². The van der Waals surface area contributed by atoms with Gasteiger partial charge in [-0.15, -0.1) is 0 Å². The number of carboxylic acids is 1. The van der Waals surface area contributed by atoms with Crippen LogP contribution < -0.4 is 14.8 Å². The van der Waals surface area contributed by atoms with E-state index in [9.17, 15) is 24.3 Å². The molecule has 9 nitrogen and oxygen atoms in total. The van der Waals surface area contributed by atoms with Crippen molar-refractivity contribution in [3.05, 3.63) is 23.8 Å². The third-order valence-electron chi connectivity index (χ3n) is 4.59. The number of carboxylic acid groups (broad SMARTS) is 1. The molecule has 172 valence electrons. The van der Waals surface area contributed by atoms with E-state index in [4.69, 9.17) is 14.2 Å². The lowest BCUT2D eigenvalue weighted by Gasteiger charge is -2.21. The summed E-state index contributed by atoms with van der Waals surface area (Å²) in [4.78, 5) is 46.3. The zero-order valence-corrected chi connectivity index (χ0v) is 18.8. The largest absolute Gasteiger partial charge is 0.480 e. The Morgan fingerprint density at radius 1 is 0.968 bits per heavy atom. The van der Waals surface area contributed by atoms with E-state index < -0.39 is 30.1 Å². The van der Waals surface area contributed by atoms with Gasteiger partial charge in [0, 0.05) is 20.4 Å². The van der Waals surface area contributed by atoms with Crippen LogP contribution >= 0.6 is 0 Å². The minimum absolute atomic E-state index is 0.0225. The van der Waals surface area contributed by atoms with Crippen molar-refractivity contribution in [3.8, 4) is 11.5 Å². The second-order valence-electron chi connectivity index (χ2n) is 7.75. The zero-order valence-electron chi connectivity index (χ0n) is 18.8. The second kappa shape index (κ2) is 12.0. The number of nitrogens with one attached hydrogen (secondary N) is 1. The highest BCUT2D eigenvalue weighted by Crippen LogP contribution is 2.29. The number of benzene rings is 1. The molecular weight excluding hydrogens is 406 g/mol. The Morgan fingerprint density at radius 2 is 1.55 bits per heavy atom. The summed E-state index contributed by atoms with van der Waals surface area (Å²) in [6, 6.07) is 3.49. The third-order valence-corrected chi connectivity index (χ3v) is 4.59. The maximum Gasteiger partial charge on any atom is 0.321 e. The highest BCUT2D eigenvalue weighted by atomic mass is 16.6. The van der Waals surface area contributed by atoms with Gasteiger partial charge in [-0.05, 0) is 37.0 Å². The first-order valence-corrected chi connectivity index (χ1v) is 10.1. The lowest BCUT2D eigenvalue weighted by atomic mass is 9.98. The number of carbonyl (C=O) groups excluding carboxylic acids is 3. The zero-order chi connectivity index (χ0) is 23.7. The first-order chi connectivity index (χ1) is 14.4. The van der Waals surface area contributed by atoms with Gasteiger partial charge in [-0.25, -0.2) is 0 Å². The first kappa shape index (κ1) is 26.1. The van der Waals surface area contributed by atoms with Crippen LogP contribution in [0.5, 0.6) is 11.5 Å². The summed E-state index contributed by atoms with van der Waals surface area (Å²) in [7, 11) is 0. The standard InChI is InChI=1S/C22H31NO8/c1-12(2)14(4)22(28)29-13(3)11-23-18(21(26)27)9-17-7-8-19(30-15(5)24)20(10-17)31-16(6)25/h7-8,10,12-14,18,23H,9,11H2,1-6H3,(H,26,27)/t13?,14?,18-/m0/s1. The summed E-state index contributed by atoms with van der Waals surface area (Å²) < 4.78 is 15.4. The van der Waals surface area contributed by atoms with E-state index in [0.717, 1.165) is 0 Å². The summed E-state index contributed by atoms with van der Waals surface area (Å²) in [5.41, 5.74) is 0.546. The normalized spacial score (nSPS) is 13.8. The minimum atomic E-state index is -1.09. The number of rotatable bonds is 11. The van der Waals surface area contributed by atoms with E-state index in [1.54, 1.807) is 19.9 Å². The van der Waals surface area contributed by atoms with E-state index in [1.807, 2.05) is 13.8 Å². The molecule has 2 unspecified atom stereocenters. The smallest absolute Gasteiger partial charge is 0.321 e. The fourth-order valence-electron chi connectivity index (χ4n) is 2.56. The minimum Gasteiger partial charge on any atom is -0.480 e. The van der Waals surface area contributed by atoms with Gasteiger partial charge in [0.15, 0.2) is 11.5 Å². The molecule has 9 heteroatoms. The molecule has 0 aliphatic heterocycles. The molecule has 31 heavy (non-hydrogen) atoms. The molecule has 0 amide bonds. The predicted octanol–water partition coefficient (Wildman–Crippen LogP) is 2.35. The highest BCUT2D eigenvalue weighted by molar-refractivity contribution is 5.75. The van der Waals surface area contributed by atoms with Crippen molar-refractivity contribution < 1.29 is 38.5 Å². The van der Waals surface area contributed by atoms with Gasteiger partial charge in [-0.1, -0.05) is 26.8 Å². The van der Waals surface area contributed by atoms with Crippen LogP contribution in [0.15, 0.2) is 18.2 Å². The molecule has 0 fully saturated rings. The van der Waals surface area contributed by atoms with Crippen LogP contribution in [-0.4, -0.2) is 47.7 Å². The molecule has 2 N–H and O–H groups in total. The summed E-state index contributed by atoms with van der Waals surface area (Å²) in [5, 5.41) is 12.4. The quantitative estimate of drug-likeness (QED) is 0.396. The first-order valence-electron chi connectivity index (χ1n) is 10.1. The summed E-state index contributed by atoms with van der Waals surface area (Å²) >= 11 is 0. The Labute approximate surface area is 182 Å². The van der Waals surface area contributed by atoms with Crippen molar-refractivity contribution in [2.24, 2.45) is 11.8 Å². The lowest BCUT2D eigenvalue weighted by molar-refractivity contribution is -0.154. The molecule has 0 heterocycles. The van der Waals surface area contributed by atoms with Crippen molar-refractivity contribution in [2.45, 2.75) is 60.1 Å². The Hall–Kier alpha value is -2.94. The average Bonchev–Trinajstić information content (AvgIpc) is 2.65. The lowest BCUT2D eigenvalue weighted by Crippen LogP contribution is -2.43. The van der Waals surface area contributed by atoms with E-state index >= 15 is 0 Å². The summed E-state index contributed by atoms with van der Waals surface area (Å²) in [6.07, 6.45) is -0.453. The number of esters is 3. The van der Waals surface area contributed by atoms with Crippen molar-refractivity contribution in [3.63, 3.8) is 0 Å². The maximum atomic E-state index is 12.1. The highest BCUT2D eigenvalue weighted by Gasteiger charge is 2.23. The van der Waals surface area contributed by atoms with Gasteiger partial charge >= 0.3 is 23.9 Å². The molecule has 0 spiro atoms. The fraction of sp³-hybridized carbons (Fsp3) is 0.545. The predicted molar refractivity (Wildman–Crippen MR) is 112 cm³/mol. The van der Waals surface area contributed by atoms with E-state index in [-0.39, 0.29) is 42.3 Å². The topological polar surface area (TPSA) is 128 Å². The molecule has 1 aromatic carbocycles. The summed E-state index contributed by atoms with van der Waals surface area (Å²) in [5.74, 6) is -2.64. The summed E-state index contributed by atoms with van der Waals surface area (Å²) in [6.45, 7) is 9.88. The number of carbonyl (C=O) groups is 4.